The molecule has 3 rings (SSSR count). The summed E-state index contributed by atoms with van der Waals surface area (Å²) in [6.45, 7) is 1.08. The lowest BCUT2D eigenvalue weighted by Crippen LogP contribution is -2.60. The lowest BCUT2D eigenvalue weighted by atomic mass is 9.98. The minimum Gasteiger partial charge on any atom is -0.394 e. The maximum absolute atomic E-state index is 12.4. The molecule has 1 saturated heterocycles. The highest BCUT2D eigenvalue weighted by Gasteiger charge is 2.43. The number of aryl methyl sites for hydroxylation is 1. The largest absolute Gasteiger partial charge is 0.394 e. The number of aliphatic hydroxyl groups excluding tert-OH is 4. The predicted octanol–water partition coefficient (Wildman–Crippen LogP) is -1.00. The Labute approximate surface area is 160 Å². The van der Waals surface area contributed by atoms with Gasteiger partial charge in [-0.3, -0.25) is 4.72 Å². The molecular weight excluding hydrogens is 394 g/mol. The Morgan fingerprint density at radius 2 is 1.79 bits per heavy atom. The van der Waals surface area contributed by atoms with E-state index in [-0.39, 0.29) is 10.7 Å². The number of hydrogen-bond donors (Lipinski definition) is 6. The topological polar surface area (TPSA) is 174 Å². The molecular formula is C16H21N3O8S. The number of benzene rings is 1. The molecule has 1 aliphatic rings. The van der Waals surface area contributed by atoms with Gasteiger partial charge in [-0.2, -0.15) is 0 Å². The van der Waals surface area contributed by atoms with Crippen LogP contribution in [-0.4, -0.2) is 71.3 Å². The highest BCUT2D eigenvalue weighted by atomic mass is 32.2. The molecule has 11 nitrogen and oxygen atoms in total. The molecule has 0 saturated carbocycles. The molecule has 6 N–H and O–H groups in total. The van der Waals surface area contributed by atoms with Crippen LogP contribution >= 0.6 is 0 Å². The van der Waals surface area contributed by atoms with Gasteiger partial charge in [-0.25, -0.2) is 8.42 Å². The van der Waals surface area contributed by atoms with Gasteiger partial charge in [0.15, 0.2) is 12.0 Å². The normalized spacial score (nSPS) is 28.1. The first-order valence-corrected chi connectivity index (χ1v) is 9.83. The summed E-state index contributed by atoms with van der Waals surface area (Å²) < 4.78 is 37.2. The summed E-state index contributed by atoms with van der Waals surface area (Å²) in [6.07, 6.45) is -6.60. The molecule has 0 spiro atoms. The molecule has 0 bridgehead atoms. The maximum Gasteiger partial charge on any atom is 0.263 e. The Bertz CT molecular complexity index is 899. The van der Waals surface area contributed by atoms with Crippen molar-refractivity contribution in [3.05, 3.63) is 36.1 Å². The smallest absolute Gasteiger partial charge is 0.263 e. The number of aliphatic hydroxyl groups is 4. The third-order valence-electron chi connectivity index (χ3n) is 4.23. The predicted molar refractivity (Wildman–Crippen MR) is 95.9 cm³/mol. The molecule has 0 aliphatic carbocycles. The van der Waals surface area contributed by atoms with Crippen molar-refractivity contribution in [3.8, 4) is 0 Å². The van der Waals surface area contributed by atoms with Crippen molar-refractivity contribution in [1.29, 1.82) is 0 Å². The van der Waals surface area contributed by atoms with Crippen molar-refractivity contribution in [2.45, 2.75) is 42.5 Å². The summed E-state index contributed by atoms with van der Waals surface area (Å²) in [5.41, 5.74) is 0.389. The number of nitrogens with one attached hydrogen (secondary N) is 2. The minimum atomic E-state index is -3.88. The average Bonchev–Trinajstić information content (AvgIpc) is 3.06. The molecule has 28 heavy (non-hydrogen) atoms. The van der Waals surface area contributed by atoms with Gasteiger partial charge < -0.3 is 35.0 Å². The quantitative estimate of drug-likeness (QED) is 0.343. The van der Waals surface area contributed by atoms with E-state index < -0.39 is 47.3 Å². The lowest BCUT2D eigenvalue weighted by molar-refractivity contribution is -0.221. The van der Waals surface area contributed by atoms with E-state index in [0.717, 1.165) is 0 Å². The number of rotatable bonds is 6. The Morgan fingerprint density at radius 3 is 2.36 bits per heavy atom. The molecule has 2 heterocycles. The van der Waals surface area contributed by atoms with Gasteiger partial charge in [-0.05, 0) is 31.2 Å². The molecule has 1 fully saturated rings. The molecule has 2 aromatic rings. The van der Waals surface area contributed by atoms with Crippen LogP contribution in [-0.2, 0) is 14.8 Å². The second kappa shape index (κ2) is 8.03. The third kappa shape index (κ3) is 4.27. The fraction of sp³-hybridized carbons (Fsp3) is 0.438. The fourth-order valence-electron chi connectivity index (χ4n) is 2.73. The van der Waals surface area contributed by atoms with Crippen LogP contribution in [0.2, 0.25) is 0 Å². The summed E-state index contributed by atoms with van der Waals surface area (Å²) >= 11 is 0. The zero-order valence-corrected chi connectivity index (χ0v) is 15.6. The van der Waals surface area contributed by atoms with Crippen molar-refractivity contribution in [3.63, 3.8) is 0 Å². The average molecular weight is 415 g/mol. The van der Waals surface area contributed by atoms with Crippen molar-refractivity contribution in [2.75, 3.05) is 16.6 Å². The van der Waals surface area contributed by atoms with E-state index in [1.807, 2.05) is 0 Å². The first-order chi connectivity index (χ1) is 13.2. The first kappa shape index (κ1) is 20.5. The van der Waals surface area contributed by atoms with Gasteiger partial charge in [0, 0.05) is 11.8 Å². The maximum atomic E-state index is 12.4. The van der Waals surface area contributed by atoms with E-state index in [1.54, 1.807) is 6.92 Å². The molecule has 1 aliphatic heterocycles. The molecule has 5 atom stereocenters. The number of hydrogen-bond acceptors (Lipinski definition) is 10. The van der Waals surface area contributed by atoms with E-state index in [4.69, 9.17) is 9.26 Å². The number of nitrogens with zero attached hydrogens (tertiary/aromatic N) is 1. The zero-order chi connectivity index (χ0) is 20.5. The standard InChI is InChI=1S/C16H21N3O8S/c1-8-6-12(18-27-8)19-28(24,25)10-4-2-9(3-5-10)17-16-15(23)14(22)13(21)11(7-20)26-16/h2-6,11,13-17,20-23H,7H2,1H3,(H,18,19)/t11-,13-,14+,15-,16-/m1/s1. The second-order valence-corrected chi connectivity index (χ2v) is 8.03. The van der Waals surface area contributed by atoms with Crippen LogP contribution in [0.15, 0.2) is 39.8 Å². The van der Waals surface area contributed by atoms with Crippen LogP contribution in [0.1, 0.15) is 5.76 Å². The van der Waals surface area contributed by atoms with E-state index in [9.17, 15) is 28.8 Å². The SMILES string of the molecule is Cc1cc(NS(=O)(=O)c2ccc(N[C@@H]3O[C@H](CO)[C@@H](O)[C@H](O)[C@H]3O)cc2)no1. The molecule has 154 valence electrons. The van der Waals surface area contributed by atoms with Gasteiger partial charge in [0.25, 0.3) is 10.0 Å². The van der Waals surface area contributed by atoms with E-state index >= 15 is 0 Å². The van der Waals surface area contributed by atoms with Crippen molar-refractivity contribution < 1.29 is 38.1 Å². The summed E-state index contributed by atoms with van der Waals surface area (Å²) in [6, 6.07) is 6.95. The number of ether oxygens (including phenoxy) is 1. The van der Waals surface area contributed by atoms with Gasteiger partial charge in [0.05, 0.1) is 11.5 Å². The van der Waals surface area contributed by atoms with Crippen LogP contribution < -0.4 is 10.0 Å². The van der Waals surface area contributed by atoms with Gasteiger partial charge >= 0.3 is 0 Å². The molecule has 1 aromatic heterocycles. The lowest BCUT2D eigenvalue weighted by Gasteiger charge is -2.40. The Hall–Kier alpha value is -2.22. The Balaban J connectivity index is 1.70. The number of anilines is 2. The van der Waals surface area contributed by atoms with Crippen LogP contribution in [0.5, 0.6) is 0 Å². The summed E-state index contributed by atoms with van der Waals surface area (Å²) in [5, 5.41) is 45.2. The van der Waals surface area contributed by atoms with Crippen molar-refractivity contribution in [1.82, 2.24) is 5.16 Å². The molecule has 12 heteroatoms. The van der Waals surface area contributed by atoms with Crippen molar-refractivity contribution >= 4 is 21.5 Å². The molecule has 1 aromatic carbocycles. The van der Waals surface area contributed by atoms with Crippen LogP contribution in [0.3, 0.4) is 0 Å². The highest BCUT2D eigenvalue weighted by molar-refractivity contribution is 7.92. The first-order valence-electron chi connectivity index (χ1n) is 8.34. The van der Waals surface area contributed by atoms with Crippen LogP contribution in [0, 0.1) is 6.92 Å². The highest BCUT2D eigenvalue weighted by Crippen LogP contribution is 2.24. The van der Waals surface area contributed by atoms with Crippen LogP contribution in [0.25, 0.3) is 0 Å². The van der Waals surface area contributed by atoms with E-state index in [0.29, 0.717) is 11.4 Å². The van der Waals surface area contributed by atoms with Gasteiger partial charge in [0.2, 0.25) is 0 Å². The molecule has 0 unspecified atom stereocenters. The zero-order valence-electron chi connectivity index (χ0n) is 14.8. The van der Waals surface area contributed by atoms with E-state index in [1.165, 1.54) is 30.3 Å². The van der Waals surface area contributed by atoms with E-state index in [2.05, 4.69) is 15.2 Å². The number of aromatic nitrogens is 1. The summed E-state index contributed by atoms with van der Waals surface area (Å²) in [4.78, 5) is -0.0347. The third-order valence-corrected chi connectivity index (χ3v) is 5.60. The van der Waals surface area contributed by atoms with Crippen molar-refractivity contribution in [2.24, 2.45) is 0 Å². The second-order valence-electron chi connectivity index (χ2n) is 6.35. The number of sulfonamides is 1. The van der Waals surface area contributed by atoms with Gasteiger partial charge in [-0.1, -0.05) is 5.16 Å². The van der Waals surface area contributed by atoms with Gasteiger partial charge in [-0.15, -0.1) is 0 Å². The Kier molecular flexibility index (Phi) is 5.88. The summed E-state index contributed by atoms with van der Waals surface area (Å²) in [7, 11) is -3.88. The van der Waals surface area contributed by atoms with Crippen LogP contribution in [0.4, 0.5) is 11.5 Å². The minimum absolute atomic E-state index is 0.0347. The molecule has 0 amide bonds. The monoisotopic (exact) mass is 415 g/mol. The molecule has 0 radical (unpaired) electrons. The van der Waals surface area contributed by atoms with Gasteiger partial charge in [0.1, 0.15) is 30.2 Å². The summed E-state index contributed by atoms with van der Waals surface area (Å²) in [5.74, 6) is 0.512. The Morgan fingerprint density at radius 1 is 1.11 bits per heavy atom. The fourth-order valence-corrected chi connectivity index (χ4v) is 3.71.